The Morgan fingerprint density at radius 1 is 1.14 bits per heavy atom. The lowest BCUT2D eigenvalue weighted by molar-refractivity contribution is 0.0726. The summed E-state index contributed by atoms with van der Waals surface area (Å²) >= 11 is 12.6. The van der Waals surface area contributed by atoms with E-state index in [0.717, 1.165) is 50.4 Å². The predicted molar refractivity (Wildman–Crippen MR) is 161 cm³/mol. The van der Waals surface area contributed by atoms with Crippen LogP contribution in [0.2, 0.25) is 10.0 Å². The van der Waals surface area contributed by atoms with Gasteiger partial charge in [-0.3, -0.25) is 0 Å². The second-order valence-electron chi connectivity index (χ2n) is 11.3. The Bertz CT molecular complexity index is 1600. The van der Waals surface area contributed by atoms with E-state index in [0.29, 0.717) is 65.9 Å². The molecule has 0 bridgehead atoms. The molecule has 11 nitrogen and oxygen atoms in total. The van der Waals surface area contributed by atoms with Crippen molar-refractivity contribution in [1.29, 1.82) is 5.26 Å². The zero-order valence-electron chi connectivity index (χ0n) is 23.5. The van der Waals surface area contributed by atoms with E-state index in [1.165, 1.54) is 0 Å². The molecule has 3 saturated heterocycles. The molecule has 0 aliphatic carbocycles. The van der Waals surface area contributed by atoms with Gasteiger partial charge in [0.25, 0.3) is 0 Å². The smallest absolute Gasteiger partial charge is 0.215 e. The number of nitrogens with zero attached hydrogens (tertiary/aromatic N) is 8. The Labute approximate surface area is 256 Å². The molecule has 3 aliphatic rings. The molecule has 2 atom stereocenters. The van der Waals surface area contributed by atoms with E-state index in [1.54, 1.807) is 27.3 Å². The standard InChI is InChI=1S/C28H34Cl2N8O3S/c1-19(23-5-4-22(29)13-24(23)30)38-28-27(25(14-31)34-38)32-15-26(33-28)36-17-21(18-36)20-3-2-6-35(16-20)9-12-42(39,40)37-7-10-41-11-8-37/h4-5,13,15,19-21H,2-3,6-12,16-18H2,1H3/t19-,20-/m1/s1. The quantitative estimate of drug-likeness (QED) is 0.368. The molecular formula is C28H34Cl2N8O3S. The molecule has 14 heteroatoms. The Morgan fingerprint density at radius 2 is 1.93 bits per heavy atom. The van der Waals surface area contributed by atoms with Gasteiger partial charge in [-0.15, -0.1) is 0 Å². The summed E-state index contributed by atoms with van der Waals surface area (Å²) < 4.78 is 34.2. The van der Waals surface area contributed by atoms with Crippen LogP contribution in [0.25, 0.3) is 11.2 Å². The van der Waals surface area contributed by atoms with E-state index in [2.05, 4.69) is 26.0 Å². The lowest BCUT2D eigenvalue weighted by atomic mass is 9.80. The minimum absolute atomic E-state index is 0.157. The molecule has 0 saturated carbocycles. The van der Waals surface area contributed by atoms with Crippen molar-refractivity contribution in [2.24, 2.45) is 11.8 Å². The van der Waals surface area contributed by atoms with E-state index in [-0.39, 0.29) is 17.5 Å². The minimum atomic E-state index is -3.26. The number of ether oxygens (including phenoxy) is 1. The molecule has 0 spiro atoms. The van der Waals surface area contributed by atoms with Gasteiger partial charge in [0.2, 0.25) is 10.0 Å². The number of sulfonamides is 1. The third-order valence-corrected chi connectivity index (χ3v) is 11.2. The highest BCUT2D eigenvalue weighted by atomic mass is 35.5. The Kier molecular flexibility index (Phi) is 8.60. The minimum Gasteiger partial charge on any atom is -0.379 e. The molecule has 0 amide bonds. The normalized spacial score (nSPS) is 21.8. The Balaban J connectivity index is 1.11. The Hall–Kier alpha value is -2.53. The topological polar surface area (TPSA) is 120 Å². The predicted octanol–water partition coefficient (Wildman–Crippen LogP) is 3.42. The summed E-state index contributed by atoms with van der Waals surface area (Å²) in [6, 6.07) is 7.19. The number of hydrogen-bond acceptors (Lipinski definition) is 9. The van der Waals surface area contributed by atoms with E-state index in [1.807, 2.05) is 13.0 Å². The second-order valence-corrected chi connectivity index (χ2v) is 14.3. The van der Waals surface area contributed by atoms with Crippen LogP contribution in [0.4, 0.5) is 5.82 Å². The van der Waals surface area contributed by atoms with Gasteiger partial charge in [-0.1, -0.05) is 29.3 Å². The van der Waals surface area contributed by atoms with Crippen molar-refractivity contribution in [2.45, 2.75) is 25.8 Å². The summed E-state index contributed by atoms with van der Waals surface area (Å²) in [6.07, 6.45) is 3.94. The monoisotopic (exact) mass is 632 g/mol. The van der Waals surface area contributed by atoms with Crippen LogP contribution in [0.3, 0.4) is 0 Å². The number of halogens is 2. The number of likely N-dealkylation sites (tertiary alicyclic amines) is 1. The van der Waals surface area contributed by atoms with Crippen LogP contribution in [0.1, 0.15) is 37.1 Å². The molecular weight excluding hydrogens is 599 g/mol. The molecule has 0 unspecified atom stereocenters. The average molecular weight is 634 g/mol. The highest BCUT2D eigenvalue weighted by Crippen LogP contribution is 2.35. The zero-order chi connectivity index (χ0) is 29.4. The van der Waals surface area contributed by atoms with Crippen LogP contribution in [-0.2, 0) is 14.8 Å². The third-order valence-electron chi connectivity index (χ3n) is 8.75. The first-order valence-corrected chi connectivity index (χ1v) is 16.7. The highest BCUT2D eigenvalue weighted by molar-refractivity contribution is 7.89. The van der Waals surface area contributed by atoms with E-state index in [4.69, 9.17) is 32.9 Å². The first kappa shape index (κ1) is 29.5. The van der Waals surface area contributed by atoms with E-state index < -0.39 is 10.0 Å². The SMILES string of the molecule is C[C@H](c1ccc(Cl)cc1Cl)n1nc(C#N)c2ncc(N3CC([C@@H]4CCCN(CCS(=O)(=O)N5CCOCC5)C4)C3)nc21. The van der Waals surface area contributed by atoms with Crippen LogP contribution >= 0.6 is 23.2 Å². The maximum Gasteiger partial charge on any atom is 0.215 e. The fourth-order valence-electron chi connectivity index (χ4n) is 6.24. The first-order valence-electron chi connectivity index (χ1n) is 14.4. The fourth-order valence-corrected chi connectivity index (χ4v) is 8.26. The van der Waals surface area contributed by atoms with Crippen molar-refractivity contribution >= 4 is 50.2 Å². The van der Waals surface area contributed by atoms with Gasteiger partial charge in [-0.05, 0) is 55.8 Å². The van der Waals surface area contributed by atoms with Crippen LogP contribution in [-0.4, -0.2) is 102 Å². The van der Waals surface area contributed by atoms with E-state index in [9.17, 15) is 13.7 Å². The average Bonchev–Trinajstić information content (AvgIpc) is 3.34. The largest absolute Gasteiger partial charge is 0.379 e. The molecule has 1 aromatic carbocycles. The molecule has 3 aromatic rings. The van der Waals surface area contributed by atoms with Crippen molar-refractivity contribution in [3.8, 4) is 6.07 Å². The van der Waals surface area contributed by atoms with Crippen molar-refractivity contribution in [1.82, 2.24) is 29.0 Å². The lowest BCUT2D eigenvalue weighted by Gasteiger charge is -2.47. The van der Waals surface area contributed by atoms with Crippen molar-refractivity contribution in [3.05, 3.63) is 45.7 Å². The van der Waals surface area contributed by atoms with Gasteiger partial charge in [-0.2, -0.15) is 14.7 Å². The maximum atomic E-state index is 12.8. The van der Waals surface area contributed by atoms with Gasteiger partial charge >= 0.3 is 0 Å². The molecule has 3 fully saturated rings. The first-order chi connectivity index (χ1) is 20.2. The number of rotatable bonds is 8. The Morgan fingerprint density at radius 3 is 2.67 bits per heavy atom. The van der Waals surface area contributed by atoms with E-state index >= 15 is 0 Å². The molecule has 6 rings (SSSR count). The fraction of sp³-hybridized carbons (Fsp3) is 0.571. The number of aromatic nitrogens is 4. The number of benzene rings is 1. The number of piperidine rings is 1. The van der Waals surface area contributed by atoms with Gasteiger partial charge in [0.05, 0.1) is 31.2 Å². The van der Waals surface area contributed by atoms with Crippen molar-refractivity contribution in [3.63, 3.8) is 0 Å². The van der Waals surface area contributed by atoms with Crippen molar-refractivity contribution in [2.75, 3.05) is 69.7 Å². The van der Waals surface area contributed by atoms with Gasteiger partial charge in [0.1, 0.15) is 17.4 Å². The van der Waals surface area contributed by atoms with Gasteiger partial charge in [-0.25, -0.2) is 23.1 Å². The lowest BCUT2D eigenvalue weighted by Crippen LogP contribution is -2.54. The zero-order valence-corrected chi connectivity index (χ0v) is 25.8. The molecule has 42 heavy (non-hydrogen) atoms. The highest BCUT2D eigenvalue weighted by Gasteiger charge is 2.37. The van der Waals surface area contributed by atoms with Crippen LogP contribution in [0.5, 0.6) is 0 Å². The number of anilines is 1. The number of morpholine rings is 1. The third kappa shape index (κ3) is 5.96. The molecule has 5 heterocycles. The number of hydrogen-bond donors (Lipinski definition) is 0. The molecule has 0 radical (unpaired) electrons. The number of fused-ring (bicyclic) bond motifs is 1. The summed E-state index contributed by atoms with van der Waals surface area (Å²) in [6.45, 7) is 7.94. The van der Waals surface area contributed by atoms with Gasteiger partial charge in [0.15, 0.2) is 11.3 Å². The summed E-state index contributed by atoms with van der Waals surface area (Å²) in [4.78, 5) is 14.0. The summed E-state index contributed by atoms with van der Waals surface area (Å²) in [7, 11) is -3.26. The van der Waals surface area contributed by atoms with Crippen LogP contribution in [0, 0.1) is 23.2 Å². The second kappa shape index (κ2) is 12.2. The molecule has 224 valence electrons. The van der Waals surface area contributed by atoms with Crippen LogP contribution < -0.4 is 4.90 Å². The number of nitriles is 1. The summed E-state index contributed by atoms with van der Waals surface area (Å²) in [5, 5.41) is 15.3. The summed E-state index contributed by atoms with van der Waals surface area (Å²) in [5.41, 5.74) is 2.05. The summed E-state index contributed by atoms with van der Waals surface area (Å²) in [5.74, 6) is 1.93. The maximum absolute atomic E-state index is 12.8. The molecule has 3 aliphatic heterocycles. The van der Waals surface area contributed by atoms with Gasteiger partial charge in [0, 0.05) is 49.3 Å². The molecule has 0 N–H and O–H groups in total. The molecule has 2 aromatic heterocycles. The van der Waals surface area contributed by atoms with Crippen molar-refractivity contribution < 1.29 is 13.2 Å². The van der Waals surface area contributed by atoms with Gasteiger partial charge < -0.3 is 14.5 Å². The van der Waals surface area contributed by atoms with Crippen LogP contribution in [0.15, 0.2) is 24.4 Å².